The molecule has 0 aliphatic carbocycles. The number of anilines is 1. The monoisotopic (exact) mass is 243 g/mol. The van der Waals surface area contributed by atoms with Gasteiger partial charge < -0.3 is 9.64 Å². The SMILES string of the molecule is CCC(C)N(CC)c1ncnc(Cl)c1OC. The van der Waals surface area contributed by atoms with Crippen molar-refractivity contribution in [3.05, 3.63) is 11.5 Å². The number of ether oxygens (including phenoxy) is 1. The Balaban J connectivity index is 3.14. The average Bonchev–Trinajstić information content (AvgIpc) is 2.30. The Morgan fingerprint density at radius 1 is 1.44 bits per heavy atom. The zero-order valence-corrected chi connectivity index (χ0v) is 11.0. The minimum atomic E-state index is 0.356. The fourth-order valence-electron chi connectivity index (χ4n) is 1.61. The third kappa shape index (κ3) is 2.55. The molecular formula is C11H18ClN3O. The Bertz CT molecular complexity index is 346. The molecule has 0 saturated carbocycles. The first kappa shape index (κ1) is 13.0. The van der Waals surface area contributed by atoms with Gasteiger partial charge in [0.2, 0.25) is 0 Å². The first-order valence-electron chi connectivity index (χ1n) is 5.46. The molecule has 90 valence electrons. The number of rotatable bonds is 5. The summed E-state index contributed by atoms with van der Waals surface area (Å²) >= 11 is 5.98. The van der Waals surface area contributed by atoms with Crippen LogP contribution in [0.1, 0.15) is 27.2 Å². The molecule has 0 aromatic carbocycles. The van der Waals surface area contributed by atoms with Gasteiger partial charge in [0.25, 0.3) is 0 Å². The molecule has 0 radical (unpaired) electrons. The van der Waals surface area contributed by atoms with Gasteiger partial charge in [0.05, 0.1) is 7.11 Å². The van der Waals surface area contributed by atoms with E-state index in [1.807, 2.05) is 0 Å². The number of halogens is 1. The molecule has 16 heavy (non-hydrogen) atoms. The third-order valence-corrected chi connectivity index (χ3v) is 2.95. The summed E-state index contributed by atoms with van der Waals surface area (Å²) in [5.74, 6) is 1.31. The van der Waals surface area contributed by atoms with Crippen molar-refractivity contribution in [2.24, 2.45) is 0 Å². The van der Waals surface area contributed by atoms with Crippen LogP contribution in [0.4, 0.5) is 5.82 Å². The van der Waals surface area contributed by atoms with E-state index in [1.165, 1.54) is 6.33 Å². The molecular weight excluding hydrogens is 226 g/mol. The highest BCUT2D eigenvalue weighted by Crippen LogP contribution is 2.32. The second-order valence-electron chi connectivity index (χ2n) is 3.56. The van der Waals surface area contributed by atoms with E-state index in [-0.39, 0.29) is 0 Å². The van der Waals surface area contributed by atoms with E-state index in [2.05, 4.69) is 35.6 Å². The number of methoxy groups -OCH3 is 1. The van der Waals surface area contributed by atoms with Gasteiger partial charge in [0.1, 0.15) is 6.33 Å². The van der Waals surface area contributed by atoms with Gasteiger partial charge in [-0.25, -0.2) is 9.97 Å². The molecule has 0 spiro atoms. The van der Waals surface area contributed by atoms with Crippen LogP contribution in [0.2, 0.25) is 5.15 Å². The largest absolute Gasteiger partial charge is 0.490 e. The zero-order chi connectivity index (χ0) is 12.1. The molecule has 0 fully saturated rings. The van der Waals surface area contributed by atoms with Crippen LogP contribution >= 0.6 is 11.6 Å². The maximum absolute atomic E-state index is 5.98. The Labute approximate surface area is 102 Å². The smallest absolute Gasteiger partial charge is 0.199 e. The summed E-state index contributed by atoms with van der Waals surface area (Å²) in [5, 5.41) is 0.356. The predicted octanol–water partition coefficient (Wildman–Crippen LogP) is 2.76. The maximum atomic E-state index is 5.98. The van der Waals surface area contributed by atoms with E-state index in [9.17, 15) is 0 Å². The van der Waals surface area contributed by atoms with Crippen molar-refractivity contribution >= 4 is 17.4 Å². The van der Waals surface area contributed by atoms with Crippen LogP contribution in [0.25, 0.3) is 0 Å². The van der Waals surface area contributed by atoms with Crippen molar-refractivity contribution < 1.29 is 4.74 Å². The maximum Gasteiger partial charge on any atom is 0.199 e. The summed E-state index contributed by atoms with van der Waals surface area (Å²) in [6, 6.07) is 0.393. The molecule has 4 nitrogen and oxygen atoms in total. The van der Waals surface area contributed by atoms with E-state index in [4.69, 9.17) is 16.3 Å². The Morgan fingerprint density at radius 2 is 2.12 bits per heavy atom. The minimum Gasteiger partial charge on any atom is -0.490 e. The van der Waals surface area contributed by atoms with Crippen molar-refractivity contribution in [1.29, 1.82) is 0 Å². The van der Waals surface area contributed by atoms with Crippen LogP contribution in [0, 0.1) is 0 Å². The van der Waals surface area contributed by atoms with Gasteiger partial charge in [0, 0.05) is 12.6 Å². The van der Waals surface area contributed by atoms with Gasteiger partial charge in [-0.1, -0.05) is 18.5 Å². The lowest BCUT2D eigenvalue weighted by molar-refractivity contribution is 0.408. The fraction of sp³-hybridized carbons (Fsp3) is 0.636. The number of hydrogen-bond acceptors (Lipinski definition) is 4. The van der Waals surface area contributed by atoms with Gasteiger partial charge >= 0.3 is 0 Å². The molecule has 0 bridgehead atoms. The highest BCUT2D eigenvalue weighted by molar-refractivity contribution is 6.31. The molecule has 1 aromatic rings. The molecule has 0 N–H and O–H groups in total. The van der Waals surface area contributed by atoms with Crippen molar-refractivity contribution in [3.63, 3.8) is 0 Å². The highest BCUT2D eigenvalue weighted by atomic mass is 35.5. The van der Waals surface area contributed by atoms with Crippen LogP contribution < -0.4 is 9.64 Å². The zero-order valence-electron chi connectivity index (χ0n) is 10.2. The van der Waals surface area contributed by atoms with Crippen molar-refractivity contribution in [2.45, 2.75) is 33.2 Å². The lowest BCUT2D eigenvalue weighted by Gasteiger charge is -2.29. The molecule has 5 heteroatoms. The van der Waals surface area contributed by atoms with Crippen molar-refractivity contribution in [2.75, 3.05) is 18.6 Å². The Kier molecular flexibility index (Phi) is 4.80. The first-order valence-corrected chi connectivity index (χ1v) is 5.84. The van der Waals surface area contributed by atoms with Gasteiger partial charge in [-0.05, 0) is 20.3 Å². The van der Waals surface area contributed by atoms with Crippen LogP contribution in [0.3, 0.4) is 0 Å². The molecule has 0 aliphatic rings. The second-order valence-corrected chi connectivity index (χ2v) is 3.92. The highest BCUT2D eigenvalue weighted by Gasteiger charge is 2.19. The van der Waals surface area contributed by atoms with E-state index in [1.54, 1.807) is 7.11 Å². The summed E-state index contributed by atoms with van der Waals surface area (Å²) in [4.78, 5) is 10.3. The number of nitrogens with zero attached hydrogens (tertiary/aromatic N) is 3. The van der Waals surface area contributed by atoms with Gasteiger partial charge in [-0.15, -0.1) is 0 Å². The van der Waals surface area contributed by atoms with Gasteiger partial charge in [-0.3, -0.25) is 0 Å². The first-order chi connectivity index (χ1) is 7.65. The summed E-state index contributed by atoms with van der Waals surface area (Å²) < 4.78 is 5.25. The third-order valence-electron chi connectivity index (χ3n) is 2.68. The predicted molar refractivity (Wildman–Crippen MR) is 66.4 cm³/mol. The summed E-state index contributed by atoms with van der Waals surface area (Å²) in [7, 11) is 1.58. The normalized spacial score (nSPS) is 12.3. The van der Waals surface area contributed by atoms with E-state index in [0.717, 1.165) is 18.8 Å². The van der Waals surface area contributed by atoms with Gasteiger partial charge in [-0.2, -0.15) is 0 Å². The van der Waals surface area contributed by atoms with Crippen LogP contribution in [-0.2, 0) is 0 Å². The summed E-state index contributed by atoms with van der Waals surface area (Å²) in [5.41, 5.74) is 0. The van der Waals surface area contributed by atoms with Gasteiger partial charge in [0.15, 0.2) is 16.7 Å². The topological polar surface area (TPSA) is 38.2 Å². The quantitative estimate of drug-likeness (QED) is 0.746. The minimum absolute atomic E-state index is 0.356. The van der Waals surface area contributed by atoms with E-state index < -0.39 is 0 Å². The lowest BCUT2D eigenvalue weighted by atomic mass is 10.2. The molecule has 1 atom stereocenters. The molecule has 1 rings (SSSR count). The number of hydrogen-bond donors (Lipinski definition) is 0. The average molecular weight is 244 g/mol. The molecule has 0 aliphatic heterocycles. The standard InChI is InChI=1S/C11H18ClN3O/c1-5-8(3)15(6-2)11-9(16-4)10(12)13-7-14-11/h7-8H,5-6H2,1-4H3. The summed E-state index contributed by atoms with van der Waals surface area (Å²) in [6.45, 7) is 7.24. The Hall–Kier alpha value is -1.03. The van der Waals surface area contributed by atoms with E-state index in [0.29, 0.717) is 16.9 Å². The second kappa shape index (κ2) is 5.89. The molecule has 1 unspecified atom stereocenters. The van der Waals surface area contributed by atoms with Crippen molar-refractivity contribution in [3.8, 4) is 5.75 Å². The fourth-order valence-corrected chi connectivity index (χ4v) is 1.82. The molecule has 1 heterocycles. The lowest BCUT2D eigenvalue weighted by Crippen LogP contribution is -2.33. The van der Waals surface area contributed by atoms with Crippen molar-refractivity contribution in [1.82, 2.24) is 9.97 Å². The van der Waals surface area contributed by atoms with Crippen LogP contribution in [-0.4, -0.2) is 29.7 Å². The van der Waals surface area contributed by atoms with E-state index >= 15 is 0 Å². The summed E-state index contributed by atoms with van der Waals surface area (Å²) in [6.07, 6.45) is 2.50. The van der Waals surface area contributed by atoms with Crippen LogP contribution in [0.5, 0.6) is 5.75 Å². The molecule has 1 aromatic heterocycles. The molecule has 0 amide bonds. The Morgan fingerprint density at radius 3 is 2.62 bits per heavy atom. The molecule has 0 saturated heterocycles. The number of aromatic nitrogens is 2. The van der Waals surface area contributed by atoms with Crippen LogP contribution in [0.15, 0.2) is 6.33 Å².